The Bertz CT molecular complexity index is 1210. The van der Waals surface area contributed by atoms with E-state index in [1.54, 1.807) is 25.1 Å². The third kappa shape index (κ3) is 3.22. The van der Waals surface area contributed by atoms with E-state index in [0.29, 0.717) is 16.1 Å². The van der Waals surface area contributed by atoms with Gasteiger partial charge < -0.3 is 4.42 Å². The Morgan fingerprint density at radius 3 is 2.77 bits per heavy atom. The molecule has 0 amide bonds. The molecule has 0 N–H and O–H groups in total. The van der Waals surface area contributed by atoms with Gasteiger partial charge in [-0.1, -0.05) is 12.1 Å². The van der Waals surface area contributed by atoms with Crippen molar-refractivity contribution >= 4 is 43.2 Å². The maximum Gasteiger partial charge on any atom is 0.282 e. The highest BCUT2D eigenvalue weighted by Gasteiger charge is 2.17. The highest BCUT2D eigenvalue weighted by atomic mass is 32.2. The number of nitrogens with zero attached hydrogens (tertiary/aromatic N) is 4. The van der Waals surface area contributed by atoms with Crippen LogP contribution in [-0.4, -0.2) is 34.8 Å². The predicted octanol–water partition coefficient (Wildman–Crippen LogP) is 3.60. The number of sulfone groups is 1. The molecule has 0 bridgehead atoms. The monoisotopic (exact) mass is 404 g/mol. The number of hydrogen-bond acceptors (Lipinski definition) is 9. The van der Waals surface area contributed by atoms with E-state index >= 15 is 0 Å². The summed E-state index contributed by atoms with van der Waals surface area (Å²) in [6.07, 6.45) is 2.68. The second-order valence-corrected chi connectivity index (χ2v) is 9.31. The molecular formula is C16H12N4O3S3. The molecule has 132 valence electrons. The van der Waals surface area contributed by atoms with Crippen molar-refractivity contribution in [3.8, 4) is 11.1 Å². The lowest BCUT2D eigenvalue weighted by Crippen LogP contribution is -1.96. The molecule has 1 aromatic carbocycles. The minimum absolute atomic E-state index is 0.271. The third-order valence-electron chi connectivity index (χ3n) is 3.60. The van der Waals surface area contributed by atoms with Crippen molar-refractivity contribution in [2.24, 2.45) is 0 Å². The molecule has 0 aliphatic carbocycles. The molecular weight excluding hydrogens is 392 g/mol. The van der Waals surface area contributed by atoms with Crippen LogP contribution in [0, 0.1) is 6.92 Å². The number of benzene rings is 1. The smallest absolute Gasteiger partial charge is 0.282 e. The maximum absolute atomic E-state index is 11.9. The first-order valence-electron chi connectivity index (χ1n) is 7.42. The lowest BCUT2D eigenvalue weighted by atomic mass is 10.1. The minimum Gasteiger partial charge on any atom is -0.416 e. The fourth-order valence-corrected chi connectivity index (χ4v) is 4.90. The van der Waals surface area contributed by atoms with Crippen LogP contribution in [0.4, 0.5) is 0 Å². The summed E-state index contributed by atoms with van der Waals surface area (Å²) in [6.45, 7) is 1.72. The number of rotatable bonds is 4. The maximum atomic E-state index is 11.9. The van der Waals surface area contributed by atoms with E-state index in [0.717, 1.165) is 21.3 Å². The summed E-state index contributed by atoms with van der Waals surface area (Å²) in [5.74, 6) is 0.476. The first-order valence-corrected chi connectivity index (χ1v) is 11.0. The summed E-state index contributed by atoms with van der Waals surface area (Å²) >= 11 is 2.73. The van der Waals surface area contributed by atoms with Crippen LogP contribution >= 0.6 is 23.1 Å². The molecule has 26 heavy (non-hydrogen) atoms. The van der Waals surface area contributed by atoms with Crippen LogP contribution in [0.1, 0.15) is 5.89 Å². The molecule has 0 radical (unpaired) electrons. The van der Waals surface area contributed by atoms with Gasteiger partial charge >= 0.3 is 0 Å². The van der Waals surface area contributed by atoms with Gasteiger partial charge in [-0.15, -0.1) is 21.5 Å². The van der Waals surface area contributed by atoms with Crippen molar-refractivity contribution in [3.05, 3.63) is 41.9 Å². The fraction of sp³-hybridized carbons (Fsp3) is 0.125. The second kappa shape index (κ2) is 6.45. The Kier molecular flexibility index (Phi) is 4.25. The summed E-state index contributed by atoms with van der Waals surface area (Å²) in [7, 11) is -3.29. The summed E-state index contributed by atoms with van der Waals surface area (Å²) in [5, 5.41) is 11.7. The molecule has 0 aliphatic rings. The largest absolute Gasteiger partial charge is 0.416 e. The average Bonchev–Trinajstić information content (AvgIpc) is 3.21. The molecule has 3 aromatic heterocycles. The Labute approximate surface area is 157 Å². The standard InChI is InChI=1S/C16H12N4O3S3/c1-9-19-20-16(23-9)25-15-13-12(7-24-14(13)17-8-18-15)10-4-3-5-11(6-10)26(2,21)22/h3-8H,1-2H3. The average molecular weight is 404 g/mol. The SMILES string of the molecule is Cc1nnc(Sc2ncnc3scc(-c4cccc(S(C)(=O)=O)c4)c23)o1. The van der Waals surface area contributed by atoms with Gasteiger partial charge in [-0.2, -0.15) is 0 Å². The molecule has 10 heteroatoms. The van der Waals surface area contributed by atoms with E-state index in [2.05, 4.69) is 20.2 Å². The van der Waals surface area contributed by atoms with Gasteiger partial charge in [-0.25, -0.2) is 18.4 Å². The topological polar surface area (TPSA) is 98.8 Å². The van der Waals surface area contributed by atoms with Crippen molar-refractivity contribution in [3.63, 3.8) is 0 Å². The van der Waals surface area contributed by atoms with Crippen LogP contribution < -0.4 is 0 Å². The fourth-order valence-electron chi connectivity index (χ4n) is 2.43. The van der Waals surface area contributed by atoms with Gasteiger partial charge in [-0.05, 0) is 29.5 Å². The molecule has 0 unspecified atom stereocenters. The van der Waals surface area contributed by atoms with Gasteiger partial charge in [-0.3, -0.25) is 0 Å². The van der Waals surface area contributed by atoms with E-state index < -0.39 is 9.84 Å². The van der Waals surface area contributed by atoms with Crippen LogP contribution in [0.3, 0.4) is 0 Å². The highest BCUT2D eigenvalue weighted by molar-refractivity contribution is 7.99. The summed E-state index contributed by atoms with van der Waals surface area (Å²) in [5.41, 5.74) is 1.66. The van der Waals surface area contributed by atoms with E-state index in [4.69, 9.17) is 4.42 Å². The van der Waals surface area contributed by atoms with Crippen LogP contribution in [0.5, 0.6) is 0 Å². The molecule has 7 nitrogen and oxygen atoms in total. The van der Waals surface area contributed by atoms with Gasteiger partial charge in [0.2, 0.25) is 5.89 Å². The highest BCUT2D eigenvalue weighted by Crippen LogP contribution is 2.40. The van der Waals surface area contributed by atoms with E-state index in [1.807, 2.05) is 11.4 Å². The van der Waals surface area contributed by atoms with Crippen molar-refractivity contribution in [1.82, 2.24) is 20.2 Å². The summed E-state index contributed by atoms with van der Waals surface area (Å²) in [4.78, 5) is 9.74. The Morgan fingerprint density at radius 1 is 1.19 bits per heavy atom. The minimum atomic E-state index is -3.29. The first kappa shape index (κ1) is 17.1. The van der Waals surface area contributed by atoms with Crippen molar-refractivity contribution in [1.29, 1.82) is 0 Å². The van der Waals surface area contributed by atoms with Gasteiger partial charge in [0.1, 0.15) is 16.2 Å². The van der Waals surface area contributed by atoms with Crippen molar-refractivity contribution in [2.75, 3.05) is 6.26 Å². The van der Waals surface area contributed by atoms with Crippen LogP contribution in [-0.2, 0) is 9.84 Å². The van der Waals surface area contributed by atoms with Crippen LogP contribution in [0.15, 0.2) is 55.5 Å². The van der Waals surface area contributed by atoms with E-state index in [9.17, 15) is 8.42 Å². The Hall–Kier alpha value is -2.30. The van der Waals surface area contributed by atoms with E-state index in [1.165, 1.54) is 35.7 Å². The molecule has 4 aromatic rings. The predicted molar refractivity (Wildman–Crippen MR) is 99.1 cm³/mol. The van der Waals surface area contributed by atoms with Gasteiger partial charge in [0.25, 0.3) is 5.22 Å². The second-order valence-electron chi connectivity index (χ2n) is 5.50. The molecule has 0 fully saturated rings. The molecule has 4 rings (SSSR count). The van der Waals surface area contributed by atoms with Gasteiger partial charge in [0.05, 0.1) is 10.3 Å². The quantitative estimate of drug-likeness (QED) is 0.476. The molecule has 0 saturated carbocycles. The zero-order chi connectivity index (χ0) is 18.3. The molecule has 0 aliphatic heterocycles. The number of aryl methyl sites for hydroxylation is 1. The van der Waals surface area contributed by atoms with Crippen molar-refractivity contribution < 1.29 is 12.8 Å². The van der Waals surface area contributed by atoms with Crippen molar-refractivity contribution in [2.45, 2.75) is 22.1 Å². The summed E-state index contributed by atoms with van der Waals surface area (Å²) in [6, 6.07) is 6.84. The third-order valence-corrected chi connectivity index (χ3v) is 6.44. The van der Waals surface area contributed by atoms with Gasteiger partial charge in [0.15, 0.2) is 9.84 Å². The molecule has 0 saturated heterocycles. The first-order chi connectivity index (χ1) is 12.4. The molecule has 0 spiro atoms. The number of aromatic nitrogens is 4. The zero-order valence-electron chi connectivity index (χ0n) is 13.7. The normalized spacial score (nSPS) is 11.9. The lowest BCUT2D eigenvalue weighted by Gasteiger charge is -2.05. The van der Waals surface area contributed by atoms with Gasteiger partial charge in [0, 0.05) is 24.1 Å². The lowest BCUT2D eigenvalue weighted by molar-refractivity contribution is 0.429. The van der Waals surface area contributed by atoms with Crippen LogP contribution in [0.2, 0.25) is 0 Å². The Morgan fingerprint density at radius 2 is 2.04 bits per heavy atom. The number of fused-ring (bicyclic) bond motifs is 1. The molecule has 3 heterocycles. The zero-order valence-corrected chi connectivity index (χ0v) is 16.2. The number of thiophene rings is 1. The number of hydrogen-bond donors (Lipinski definition) is 0. The molecule has 0 atom stereocenters. The van der Waals surface area contributed by atoms with Crippen LogP contribution in [0.25, 0.3) is 21.3 Å². The summed E-state index contributed by atoms with van der Waals surface area (Å²) < 4.78 is 29.2. The van der Waals surface area contributed by atoms with E-state index in [-0.39, 0.29) is 4.90 Å². The Balaban J connectivity index is 1.87.